The van der Waals surface area contributed by atoms with Crippen molar-refractivity contribution >= 4 is 27.3 Å². The van der Waals surface area contributed by atoms with E-state index in [0.717, 1.165) is 30.5 Å². The zero-order chi connectivity index (χ0) is 12.1. The standard InChI is InChI=1S/C12H16BrN3S/c1-2-4-14-7-11-3-5-15-16(11)8-12-6-10(13)9-17-12/h3,5-6,9,14H,2,4,7-8H2,1H3. The van der Waals surface area contributed by atoms with E-state index in [0.29, 0.717) is 0 Å². The predicted molar refractivity (Wildman–Crippen MR) is 75.3 cm³/mol. The summed E-state index contributed by atoms with van der Waals surface area (Å²) in [7, 11) is 0. The topological polar surface area (TPSA) is 29.9 Å². The highest BCUT2D eigenvalue weighted by molar-refractivity contribution is 9.10. The van der Waals surface area contributed by atoms with Gasteiger partial charge in [-0.1, -0.05) is 6.92 Å². The molecule has 0 saturated heterocycles. The van der Waals surface area contributed by atoms with E-state index in [4.69, 9.17) is 0 Å². The van der Waals surface area contributed by atoms with Gasteiger partial charge < -0.3 is 5.32 Å². The van der Waals surface area contributed by atoms with E-state index in [-0.39, 0.29) is 0 Å². The molecule has 0 bridgehead atoms. The first kappa shape index (κ1) is 12.8. The molecule has 5 heteroatoms. The lowest BCUT2D eigenvalue weighted by molar-refractivity contribution is 0.595. The molecule has 0 amide bonds. The Balaban J connectivity index is 1.98. The molecule has 0 unspecified atom stereocenters. The van der Waals surface area contributed by atoms with Crippen LogP contribution >= 0.6 is 27.3 Å². The number of halogens is 1. The van der Waals surface area contributed by atoms with Crippen molar-refractivity contribution in [1.29, 1.82) is 0 Å². The SMILES string of the molecule is CCCNCc1ccnn1Cc1cc(Br)cs1. The molecule has 2 aromatic rings. The summed E-state index contributed by atoms with van der Waals surface area (Å²) in [5, 5.41) is 9.87. The third kappa shape index (κ3) is 3.66. The fraction of sp³-hybridized carbons (Fsp3) is 0.417. The van der Waals surface area contributed by atoms with Gasteiger partial charge >= 0.3 is 0 Å². The van der Waals surface area contributed by atoms with Gasteiger partial charge in [0.2, 0.25) is 0 Å². The van der Waals surface area contributed by atoms with Crippen molar-refractivity contribution in [3.63, 3.8) is 0 Å². The quantitative estimate of drug-likeness (QED) is 0.830. The lowest BCUT2D eigenvalue weighted by atomic mass is 10.4. The third-order valence-electron chi connectivity index (χ3n) is 2.46. The first-order valence-corrected chi connectivity index (χ1v) is 7.41. The van der Waals surface area contributed by atoms with Crippen LogP contribution in [0.2, 0.25) is 0 Å². The second-order valence-electron chi connectivity index (χ2n) is 3.89. The van der Waals surface area contributed by atoms with E-state index >= 15 is 0 Å². The summed E-state index contributed by atoms with van der Waals surface area (Å²) in [6, 6.07) is 4.22. The summed E-state index contributed by atoms with van der Waals surface area (Å²) in [6.45, 7) is 4.97. The molecule has 2 heterocycles. The van der Waals surface area contributed by atoms with Crippen molar-refractivity contribution in [2.75, 3.05) is 6.54 Å². The highest BCUT2D eigenvalue weighted by atomic mass is 79.9. The molecule has 0 aliphatic heterocycles. The van der Waals surface area contributed by atoms with E-state index in [1.807, 2.05) is 6.20 Å². The van der Waals surface area contributed by atoms with Crippen LogP contribution in [-0.2, 0) is 13.1 Å². The van der Waals surface area contributed by atoms with Gasteiger partial charge in [0.15, 0.2) is 0 Å². The van der Waals surface area contributed by atoms with Crippen LogP contribution < -0.4 is 5.32 Å². The van der Waals surface area contributed by atoms with E-state index in [2.05, 4.69) is 55.5 Å². The minimum atomic E-state index is 0.854. The Morgan fingerprint density at radius 3 is 3.12 bits per heavy atom. The Morgan fingerprint density at radius 2 is 2.41 bits per heavy atom. The highest BCUT2D eigenvalue weighted by Crippen LogP contribution is 2.20. The lowest BCUT2D eigenvalue weighted by Crippen LogP contribution is -2.17. The van der Waals surface area contributed by atoms with Gasteiger partial charge in [-0.2, -0.15) is 5.10 Å². The fourth-order valence-electron chi connectivity index (χ4n) is 1.63. The minimum absolute atomic E-state index is 0.854. The van der Waals surface area contributed by atoms with Crippen molar-refractivity contribution in [2.24, 2.45) is 0 Å². The van der Waals surface area contributed by atoms with Gasteiger partial charge in [-0.3, -0.25) is 4.68 Å². The van der Waals surface area contributed by atoms with Crippen LogP contribution in [0.4, 0.5) is 0 Å². The van der Waals surface area contributed by atoms with Gasteiger partial charge in [0.25, 0.3) is 0 Å². The molecular formula is C12H16BrN3S. The van der Waals surface area contributed by atoms with Gasteiger partial charge in [0.1, 0.15) is 0 Å². The van der Waals surface area contributed by atoms with Gasteiger partial charge in [-0.25, -0.2) is 0 Å². The Morgan fingerprint density at radius 1 is 1.53 bits per heavy atom. The predicted octanol–water partition coefficient (Wildman–Crippen LogP) is 3.26. The normalized spacial score (nSPS) is 10.9. The van der Waals surface area contributed by atoms with Crippen molar-refractivity contribution in [3.8, 4) is 0 Å². The number of nitrogens with zero attached hydrogens (tertiary/aromatic N) is 2. The molecule has 2 rings (SSSR count). The molecule has 0 aromatic carbocycles. The molecule has 0 aliphatic carbocycles. The second-order valence-corrected chi connectivity index (χ2v) is 5.80. The fourth-order valence-corrected chi connectivity index (χ4v) is 3.06. The van der Waals surface area contributed by atoms with Crippen LogP contribution in [0.1, 0.15) is 23.9 Å². The molecule has 0 aliphatic rings. The number of thiophene rings is 1. The van der Waals surface area contributed by atoms with Gasteiger partial charge in [0.05, 0.1) is 12.2 Å². The molecule has 0 fully saturated rings. The Labute approximate surface area is 114 Å². The van der Waals surface area contributed by atoms with Gasteiger partial charge in [0, 0.05) is 27.5 Å². The van der Waals surface area contributed by atoms with E-state index in [1.165, 1.54) is 10.6 Å². The minimum Gasteiger partial charge on any atom is -0.311 e. The van der Waals surface area contributed by atoms with Crippen LogP contribution in [0.3, 0.4) is 0 Å². The molecular weight excluding hydrogens is 298 g/mol. The van der Waals surface area contributed by atoms with E-state index < -0.39 is 0 Å². The maximum absolute atomic E-state index is 4.37. The molecule has 92 valence electrons. The summed E-state index contributed by atoms with van der Waals surface area (Å²) in [6.07, 6.45) is 3.03. The van der Waals surface area contributed by atoms with E-state index in [9.17, 15) is 0 Å². The first-order chi connectivity index (χ1) is 8.29. The van der Waals surface area contributed by atoms with Crippen molar-refractivity contribution in [3.05, 3.63) is 38.8 Å². The number of hydrogen-bond acceptors (Lipinski definition) is 3. The van der Waals surface area contributed by atoms with Crippen LogP contribution in [0.5, 0.6) is 0 Å². The molecule has 2 aromatic heterocycles. The summed E-state index contributed by atoms with van der Waals surface area (Å²) >= 11 is 5.23. The number of aromatic nitrogens is 2. The zero-order valence-corrected chi connectivity index (χ0v) is 12.2. The van der Waals surface area contributed by atoms with E-state index in [1.54, 1.807) is 11.3 Å². The molecule has 0 radical (unpaired) electrons. The van der Waals surface area contributed by atoms with Gasteiger partial charge in [-0.05, 0) is 41.0 Å². The molecule has 0 spiro atoms. The lowest BCUT2D eigenvalue weighted by Gasteiger charge is -2.07. The zero-order valence-electron chi connectivity index (χ0n) is 9.82. The Kier molecular flexibility index (Phi) is 4.76. The van der Waals surface area contributed by atoms with Crippen molar-refractivity contribution in [2.45, 2.75) is 26.4 Å². The Bertz CT molecular complexity index is 464. The highest BCUT2D eigenvalue weighted by Gasteiger charge is 2.04. The number of hydrogen-bond donors (Lipinski definition) is 1. The van der Waals surface area contributed by atoms with Crippen LogP contribution in [0, 0.1) is 0 Å². The first-order valence-electron chi connectivity index (χ1n) is 5.74. The summed E-state index contributed by atoms with van der Waals surface area (Å²) in [5.74, 6) is 0. The number of rotatable bonds is 6. The summed E-state index contributed by atoms with van der Waals surface area (Å²) in [4.78, 5) is 1.32. The Hall–Kier alpha value is -0.650. The second kappa shape index (κ2) is 6.33. The van der Waals surface area contributed by atoms with Crippen LogP contribution in [0.15, 0.2) is 28.2 Å². The third-order valence-corrected chi connectivity index (χ3v) is 4.15. The maximum atomic E-state index is 4.37. The van der Waals surface area contributed by atoms with Crippen molar-refractivity contribution < 1.29 is 0 Å². The molecule has 0 saturated carbocycles. The molecule has 0 atom stereocenters. The maximum Gasteiger partial charge on any atom is 0.0756 e. The van der Waals surface area contributed by atoms with Crippen molar-refractivity contribution in [1.82, 2.24) is 15.1 Å². The average Bonchev–Trinajstić information content (AvgIpc) is 2.90. The van der Waals surface area contributed by atoms with Crippen LogP contribution in [0.25, 0.3) is 0 Å². The van der Waals surface area contributed by atoms with Crippen LogP contribution in [-0.4, -0.2) is 16.3 Å². The smallest absolute Gasteiger partial charge is 0.0756 e. The summed E-state index contributed by atoms with van der Waals surface area (Å²) < 4.78 is 3.20. The largest absolute Gasteiger partial charge is 0.311 e. The average molecular weight is 314 g/mol. The molecule has 3 nitrogen and oxygen atoms in total. The molecule has 1 N–H and O–H groups in total. The summed E-state index contributed by atoms with van der Waals surface area (Å²) in [5.41, 5.74) is 1.24. The van der Waals surface area contributed by atoms with Gasteiger partial charge in [-0.15, -0.1) is 11.3 Å². The molecule has 17 heavy (non-hydrogen) atoms. The number of nitrogens with one attached hydrogen (secondary N) is 1. The monoisotopic (exact) mass is 313 g/mol.